The predicted molar refractivity (Wildman–Crippen MR) is 82.5 cm³/mol. The zero-order valence-electron chi connectivity index (χ0n) is 13.0. The topological polar surface area (TPSA) is 55.8 Å². The van der Waals surface area contributed by atoms with E-state index < -0.39 is 35.9 Å². The van der Waals surface area contributed by atoms with Crippen LogP contribution in [-0.2, 0) is 14.1 Å². The summed E-state index contributed by atoms with van der Waals surface area (Å²) < 4.78 is 25.4. The Hall–Kier alpha value is -1.11. The monoisotopic (exact) mass is 328 g/mol. The summed E-state index contributed by atoms with van der Waals surface area (Å²) in [4.78, 5) is 11.2. The van der Waals surface area contributed by atoms with Crippen molar-refractivity contribution in [1.29, 1.82) is 0 Å². The molecule has 2 rings (SSSR count). The Balaban J connectivity index is 2.37. The van der Waals surface area contributed by atoms with Crippen LogP contribution in [0.2, 0.25) is 5.02 Å². The molecule has 0 saturated carbocycles. The Bertz CT molecular complexity index is 555. The van der Waals surface area contributed by atoms with E-state index in [4.69, 9.17) is 26.0 Å². The lowest BCUT2D eigenvalue weighted by Crippen LogP contribution is -2.41. The minimum Gasteiger partial charge on any atom is -0.481 e. The molecule has 1 fully saturated rings. The van der Waals surface area contributed by atoms with Gasteiger partial charge in [0.25, 0.3) is 0 Å². The fourth-order valence-corrected chi connectivity index (χ4v) is 2.63. The molecule has 0 aromatic heterocycles. The third kappa shape index (κ3) is 3.45. The molecule has 120 valence electrons. The van der Waals surface area contributed by atoms with Gasteiger partial charge in [-0.3, -0.25) is 4.79 Å². The molecule has 1 aromatic rings. The third-order valence-corrected chi connectivity index (χ3v) is 4.53. The summed E-state index contributed by atoms with van der Waals surface area (Å²) >= 11 is 5.88. The van der Waals surface area contributed by atoms with Gasteiger partial charge in [-0.15, -0.1) is 0 Å². The SMILES string of the molecule is CC1(C)OB(C(CC(=O)O)c2cc(F)cc(Cl)c2)OC1(C)C. The van der Waals surface area contributed by atoms with Gasteiger partial charge in [0.2, 0.25) is 0 Å². The predicted octanol–water partition coefficient (Wildman–Crippen LogP) is 3.67. The molecule has 1 atom stereocenters. The molecule has 1 aliphatic heterocycles. The van der Waals surface area contributed by atoms with Crippen LogP contribution in [0.4, 0.5) is 4.39 Å². The first kappa shape index (κ1) is 17.3. The molecule has 1 aliphatic rings. The number of carboxylic acids is 1. The molecular weight excluding hydrogens is 309 g/mol. The summed E-state index contributed by atoms with van der Waals surface area (Å²) in [6.45, 7) is 7.51. The smallest absolute Gasteiger partial charge is 0.466 e. The van der Waals surface area contributed by atoms with E-state index >= 15 is 0 Å². The minimum atomic E-state index is -1.01. The number of carbonyl (C=O) groups is 1. The van der Waals surface area contributed by atoms with Crippen LogP contribution in [0.15, 0.2) is 18.2 Å². The molecule has 0 amide bonds. The maximum atomic E-state index is 13.6. The third-order valence-electron chi connectivity index (χ3n) is 4.31. The number of hydrogen-bond donors (Lipinski definition) is 1. The Morgan fingerprint density at radius 1 is 1.27 bits per heavy atom. The van der Waals surface area contributed by atoms with Crippen LogP contribution in [0.5, 0.6) is 0 Å². The van der Waals surface area contributed by atoms with E-state index in [1.807, 2.05) is 27.7 Å². The normalized spacial score (nSPS) is 20.9. The first-order valence-corrected chi connectivity index (χ1v) is 7.43. The van der Waals surface area contributed by atoms with Crippen LogP contribution in [0.3, 0.4) is 0 Å². The van der Waals surface area contributed by atoms with Crippen LogP contribution in [0.25, 0.3) is 0 Å². The Labute approximate surface area is 134 Å². The molecule has 4 nitrogen and oxygen atoms in total. The van der Waals surface area contributed by atoms with Crippen LogP contribution in [-0.4, -0.2) is 29.4 Å². The second-order valence-electron chi connectivity index (χ2n) is 6.53. The van der Waals surface area contributed by atoms with E-state index in [-0.39, 0.29) is 11.4 Å². The van der Waals surface area contributed by atoms with E-state index in [2.05, 4.69) is 0 Å². The van der Waals surface area contributed by atoms with Crippen molar-refractivity contribution < 1.29 is 23.6 Å². The highest BCUT2D eigenvalue weighted by Gasteiger charge is 2.54. The summed E-state index contributed by atoms with van der Waals surface area (Å²) in [6.07, 6.45) is -0.239. The van der Waals surface area contributed by atoms with E-state index in [1.54, 1.807) is 6.07 Å². The molecule has 0 aliphatic carbocycles. The van der Waals surface area contributed by atoms with E-state index in [0.717, 1.165) is 0 Å². The quantitative estimate of drug-likeness (QED) is 0.857. The Kier molecular flexibility index (Phi) is 4.57. The van der Waals surface area contributed by atoms with Gasteiger partial charge in [-0.1, -0.05) is 11.6 Å². The summed E-state index contributed by atoms with van der Waals surface area (Å²) in [7, 11) is -0.779. The average Bonchev–Trinajstić information content (AvgIpc) is 2.53. The van der Waals surface area contributed by atoms with Gasteiger partial charge in [0.1, 0.15) is 5.82 Å². The lowest BCUT2D eigenvalue weighted by atomic mass is 9.66. The van der Waals surface area contributed by atoms with Crippen molar-refractivity contribution in [1.82, 2.24) is 0 Å². The lowest BCUT2D eigenvalue weighted by Gasteiger charge is -2.32. The van der Waals surface area contributed by atoms with Gasteiger partial charge in [-0.2, -0.15) is 0 Å². The van der Waals surface area contributed by atoms with Crippen LogP contribution >= 0.6 is 11.6 Å². The second-order valence-corrected chi connectivity index (χ2v) is 6.97. The van der Waals surface area contributed by atoms with E-state index in [0.29, 0.717) is 5.56 Å². The molecule has 1 heterocycles. The molecule has 1 aromatic carbocycles. The fraction of sp³-hybridized carbons (Fsp3) is 0.533. The molecular formula is C15H19BClFO4. The van der Waals surface area contributed by atoms with Crippen molar-refractivity contribution in [2.24, 2.45) is 0 Å². The fourth-order valence-electron chi connectivity index (χ4n) is 2.40. The molecule has 0 spiro atoms. The van der Waals surface area contributed by atoms with Crippen molar-refractivity contribution >= 4 is 24.7 Å². The second kappa shape index (κ2) is 5.83. The van der Waals surface area contributed by atoms with Crippen molar-refractivity contribution in [3.63, 3.8) is 0 Å². The number of halogens is 2. The molecule has 0 bridgehead atoms. The number of aliphatic carboxylic acids is 1. The van der Waals surface area contributed by atoms with E-state index in [9.17, 15) is 9.18 Å². The Morgan fingerprint density at radius 2 is 1.82 bits per heavy atom. The maximum Gasteiger partial charge on any atom is 0.466 e. The summed E-state index contributed by atoms with van der Waals surface area (Å²) in [5.74, 6) is -2.18. The van der Waals surface area contributed by atoms with Crippen molar-refractivity contribution in [2.75, 3.05) is 0 Å². The summed E-state index contributed by atoms with van der Waals surface area (Å²) in [5, 5.41) is 9.38. The van der Waals surface area contributed by atoms with Crippen LogP contribution in [0.1, 0.15) is 45.5 Å². The number of rotatable bonds is 4. The van der Waals surface area contributed by atoms with Gasteiger partial charge in [0.15, 0.2) is 0 Å². The Morgan fingerprint density at radius 3 is 2.27 bits per heavy atom. The lowest BCUT2D eigenvalue weighted by molar-refractivity contribution is -0.137. The highest BCUT2D eigenvalue weighted by Crippen LogP contribution is 2.42. The van der Waals surface area contributed by atoms with Crippen LogP contribution in [0, 0.1) is 5.82 Å². The standard InChI is InChI=1S/C15H19BClFO4/c1-14(2)15(3,4)22-16(21-14)12(8-13(19)20)9-5-10(17)7-11(18)6-9/h5-7,12H,8H2,1-4H3,(H,19,20). The van der Waals surface area contributed by atoms with Crippen molar-refractivity contribution in [2.45, 2.75) is 51.1 Å². The molecule has 1 unspecified atom stereocenters. The highest BCUT2D eigenvalue weighted by atomic mass is 35.5. The van der Waals surface area contributed by atoms with Gasteiger partial charge in [0, 0.05) is 10.8 Å². The van der Waals surface area contributed by atoms with Gasteiger partial charge < -0.3 is 14.4 Å². The van der Waals surface area contributed by atoms with Gasteiger partial charge >= 0.3 is 13.1 Å². The number of carboxylic acid groups (broad SMARTS) is 1. The van der Waals surface area contributed by atoms with Crippen molar-refractivity contribution in [3.8, 4) is 0 Å². The maximum absolute atomic E-state index is 13.6. The largest absolute Gasteiger partial charge is 0.481 e. The van der Waals surface area contributed by atoms with Gasteiger partial charge in [-0.25, -0.2) is 4.39 Å². The molecule has 7 heteroatoms. The molecule has 1 saturated heterocycles. The zero-order valence-corrected chi connectivity index (χ0v) is 13.8. The number of hydrogen-bond acceptors (Lipinski definition) is 3. The number of benzene rings is 1. The van der Waals surface area contributed by atoms with Gasteiger partial charge in [-0.05, 0) is 51.5 Å². The molecule has 1 N–H and O–H groups in total. The summed E-state index contributed by atoms with van der Waals surface area (Å²) in [6, 6.07) is 3.99. The van der Waals surface area contributed by atoms with Gasteiger partial charge in [0.05, 0.1) is 17.6 Å². The average molecular weight is 329 g/mol. The first-order chi connectivity index (χ1) is 10.0. The molecule has 22 heavy (non-hydrogen) atoms. The highest BCUT2D eigenvalue weighted by molar-refractivity contribution is 6.48. The molecule has 0 radical (unpaired) electrons. The minimum absolute atomic E-state index is 0.210. The first-order valence-electron chi connectivity index (χ1n) is 7.05. The van der Waals surface area contributed by atoms with E-state index in [1.165, 1.54) is 12.1 Å². The van der Waals surface area contributed by atoms with Crippen molar-refractivity contribution in [3.05, 3.63) is 34.6 Å². The zero-order chi connectivity index (χ0) is 16.7. The van der Waals surface area contributed by atoms with Crippen LogP contribution < -0.4 is 0 Å². The summed E-state index contributed by atoms with van der Waals surface area (Å²) in [5.41, 5.74) is -0.734.